The Labute approximate surface area is 221 Å². The monoisotopic (exact) mass is 506 g/mol. The quantitative estimate of drug-likeness (QED) is 0.188. The van der Waals surface area contributed by atoms with E-state index in [1.54, 1.807) is 0 Å². The molecule has 3 aromatic carbocycles. The van der Waals surface area contributed by atoms with Gasteiger partial charge in [-0.25, -0.2) is 0 Å². The second kappa shape index (κ2) is 14.7. The van der Waals surface area contributed by atoms with E-state index in [1.807, 2.05) is 12.1 Å². The maximum absolute atomic E-state index is 6.19. The second-order valence-corrected chi connectivity index (χ2v) is 9.41. The Morgan fingerprint density at radius 3 is 1.78 bits per heavy atom. The molecule has 0 aliphatic rings. The Hall–Kier alpha value is -2.79. The number of rotatable bonds is 14. The van der Waals surface area contributed by atoms with Gasteiger partial charge in [0.05, 0.1) is 6.61 Å². The molecule has 0 amide bonds. The molecule has 0 spiro atoms. The van der Waals surface area contributed by atoms with E-state index in [0.29, 0.717) is 13.2 Å². The Bertz CT molecular complexity index is 1080. The summed E-state index contributed by atoms with van der Waals surface area (Å²) in [6.07, 6.45) is 1.89. The van der Waals surface area contributed by atoms with Gasteiger partial charge >= 0.3 is 0 Å². The number of nitrogens with one attached hydrogen (secondary N) is 1. The van der Waals surface area contributed by atoms with Crippen molar-refractivity contribution in [3.63, 3.8) is 0 Å². The summed E-state index contributed by atoms with van der Waals surface area (Å²) in [7, 11) is 4.16. The van der Waals surface area contributed by atoms with E-state index in [9.17, 15) is 0 Å². The summed E-state index contributed by atoms with van der Waals surface area (Å²) < 4.78 is 11.9. The lowest BCUT2D eigenvalue weighted by Gasteiger charge is -2.17. The van der Waals surface area contributed by atoms with Crippen LogP contribution in [-0.4, -0.2) is 51.8 Å². The third kappa shape index (κ3) is 8.41. The topological polar surface area (TPSA) is 33.7 Å². The van der Waals surface area contributed by atoms with E-state index < -0.39 is 0 Å². The largest absolute Gasteiger partial charge is 0.494 e. The molecule has 1 N–H and O–H groups in total. The first-order valence-electron chi connectivity index (χ1n) is 12.8. The third-order valence-corrected chi connectivity index (χ3v) is 6.20. The molecular formula is C31H39ClN2O2. The molecule has 0 unspecified atom stereocenters. The number of ether oxygens (including phenoxy) is 2. The summed E-state index contributed by atoms with van der Waals surface area (Å²) in [4.78, 5) is 2.17. The number of hydrogen-bond acceptors (Lipinski definition) is 4. The lowest BCUT2D eigenvalue weighted by molar-refractivity contribution is 0.281. The van der Waals surface area contributed by atoms with Crippen molar-refractivity contribution in [2.45, 2.75) is 26.7 Å². The molecule has 0 aliphatic heterocycles. The molecule has 4 nitrogen and oxygen atoms in total. The lowest BCUT2D eigenvalue weighted by Crippen LogP contribution is -2.20. The van der Waals surface area contributed by atoms with E-state index in [0.717, 1.165) is 60.1 Å². The number of allylic oxidation sites excluding steroid dienone is 1. The zero-order valence-corrected chi connectivity index (χ0v) is 22.8. The van der Waals surface area contributed by atoms with E-state index in [4.69, 9.17) is 21.1 Å². The minimum absolute atomic E-state index is 0.650. The van der Waals surface area contributed by atoms with E-state index in [1.165, 1.54) is 16.7 Å². The first kappa shape index (κ1) is 27.8. The Morgan fingerprint density at radius 2 is 1.28 bits per heavy atom. The van der Waals surface area contributed by atoms with Crippen LogP contribution in [0.5, 0.6) is 11.5 Å². The highest BCUT2D eigenvalue weighted by atomic mass is 35.5. The fourth-order valence-electron chi connectivity index (χ4n) is 4.12. The maximum atomic E-state index is 6.19. The van der Waals surface area contributed by atoms with Crippen molar-refractivity contribution < 1.29 is 9.47 Å². The standard InChI is InChI=1S/C31H39ClN2O2/c1-5-30(24-8-14-27(32)15-9-24)31(26-12-18-29(19-13-26)36-23-20-33-6-2)25-10-16-28(17-11-25)35-22-7-21-34(3)4/h8-19,33H,5-7,20-23H2,1-4H3/b31-30-. The van der Waals surface area contributed by atoms with E-state index >= 15 is 0 Å². The predicted molar refractivity (Wildman–Crippen MR) is 153 cm³/mol. The summed E-state index contributed by atoms with van der Waals surface area (Å²) in [6.45, 7) is 8.45. The number of likely N-dealkylation sites (N-methyl/N-ethyl adjacent to an activating group) is 1. The van der Waals surface area contributed by atoms with Crippen molar-refractivity contribution in [3.8, 4) is 11.5 Å². The van der Waals surface area contributed by atoms with Gasteiger partial charge in [-0.3, -0.25) is 0 Å². The number of nitrogens with zero attached hydrogens (tertiary/aromatic N) is 1. The van der Waals surface area contributed by atoms with Gasteiger partial charge in [-0.05, 0) is 97.7 Å². The normalized spacial score (nSPS) is 11.9. The fourth-order valence-corrected chi connectivity index (χ4v) is 4.24. The molecule has 192 valence electrons. The smallest absolute Gasteiger partial charge is 0.119 e. The van der Waals surface area contributed by atoms with Gasteiger partial charge in [0.1, 0.15) is 18.1 Å². The van der Waals surface area contributed by atoms with Crippen LogP contribution in [0.15, 0.2) is 72.8 Å². The average Bonchev–Trinajstić information content (AvgIpc) is 2.89. The molecule has 0 heterocycles. The lowest BCUT2D eigenvalue weighted by atomic mass is 9.88. The first-order valence-corrected chi connectivity index (χ1v) is 13.2. The summed E-state index contributed by atoms with van der Waals surface area (Å²) >= 11 is 6.19. The fraction of sp³-hybridized carbons (Fsp3) is 0.355. The van der Waals surface area contributed by atoms with Crippen molar-refractivity contribution in [2.24, 2.45) is 0 Å². The highest BCUT2D eigenvalue weighted by Gasteiger charge is 2.14. The van der Waals surface area contributed by atoms with Gasteiger partial charge < -0.3 is 19.7 Å². The van der Waals surface area contributed by atoms with Gasteiger partial charge in [0.25, 0.3) is 0 Å². The maximum Gasteiger partial charge on any atom is 0.119 e. The van der Waals surface area contributed by atoms with Crippen LogP contribution in [0.1, 0.15) is 43.4 Å². The van der Waals surface area contributed by atoms with E-state index in [-0.39, 0.29) is 0 Å². The second-order valence-electron chi connectivity index (χ2n) is 8.97. The molecule has 0 bridgehead atoms. The van der Waals surface area contributed by atoms with Crippen LogP contribution in [0.3, 0.4) is 0 Å². The first-order chi connectivity index (χ1) is 17.5. The zero-order valence-electron chi connectivity index (χ0n) is 22.0. The minimum Gasteiger partial charge on any atom is -0.494 e. The minimum atomic E-state index is 0.650. The molecule has 0 saturated carbocycles. The van der Waals surface area contributed by atoms with Crippen LogP contribution in [0.2, 0.25) is 5.02 Å². The van der Waals surface area contributed by atoms with Gasteiger partial charge in [0.2, 0.25) is 0 Å². The zero-order chi connectivity index (χ0) is 25.8. The van der Waals surface area contributed by atoms with Gasteiger partial charge in [0, 0.05) is 18.1 Å². The Balaban J connectivity index is 1.90. The Morgan fingerprint density at radius 1 is 0.750 bits per heavy atom. The molecule has 3 rings (SSSR count). The van der Waals surface area contributed by atoms with Gasteiger partial charge in [-0.2, -0.15) is 0 Å². The van der Waals surface area contributed by atoms with Crippen molar-refractivity contribution in [1.82, 2.24) is 10.2 Å². The van der Waals surface area contributed by atoms with Crippen molar-refractivity contribution >= 4 is 22.7 Å². The number of halogens is 1. The average molecular weight is 507 g/mol. The summed E-state index contributed by atoms with van der Waals surface area (Å²) in [6, 6.07) is 25.0. The number of hydrogen-bond donors (Lipinski definition) is 1. The summed E-state index contributed by atoms with van der Waals surface area (Å²) in [5.74, 6) is 1.77. The van der Waals surface area contributed by atoms with Crippen LogP contribution in [0.25, 0.3) is 11.1 Å². The molecule has 0 saturated heterocycles. The molecule has 3 aromatic rings. The molecule has 0 atom stereocenters. The van der Waals surface area contributed by atoms with Gasteiger partial charge in [-0.1, -0.05) is 61.8 Å². The molecule has 0 aliphatic carbocycles. The number of benzene rings is 3. The molecule has 0 aromatic heterocycles. The third-order valence-electron chi connectivity index (χ3n) is 5.95. The predicted octanol–water partition coefficient (Wildman–Crippen LogP) is 7.03. The molecule has 36 heavy (non-hydrogen) atoms. The SMILES string of the molecule is CCNCCOc1ccc(/C(=C(/CC)c2ccc(Cl)cc2)c2ccc(OCCCN(C)C)cc2)cc1. The van der Waals surface area contributed by atoms with Crippen molar-refractivity contribution in [1.29, 1.82) is 0 Å². The van der Waals surface area contributed by atoms with E-state index in [2.05, 4.69) is 98.8 Å². The summed E-state index contributed by atoms with van der Waals surface area (Å²) in [5, 5.41) is 4.03. The van der Waals surface area contributed by atoms with Crippen LogP contribution in [0.4, 0.5) is 0 Å². The van der Waals surface area contributed by atoms with Crippen LogP contribution in [-0.2, 0) is 0 Å². The molecule has 5 heteroatoms. The van der Waals surface area contributed by atoms with Crippen LogP contribution < -0.4 is 14.8 Å². The molecule has 0 radical (unpaired) electrons. The Kier molecular flexibility index (Phi) is 11.3. The van der Waals surface area contributed by atoms with Gasteiger partial charge in [0.15, 0.2) is 0 Å². The molecular weight excluding hydrogens is 468 g/mol. The van der Waals surface area contributed by atoms with Gasteiger partial charge in [-0.15, -0.1) is 0 Å². The van der Waals surface area contributed by atoms with Crippen molar-refractivity contribution in [3.05, 3.63) is 94.5 Å². The van der Waals surface area contributed by atoms with Crippen LogP contribution in [0, 0.1) is 0 Å². The highest BCUT2D eigenvalue weighted by molar-refractivity contribution is 6.30. The van der Waals surface area contributed by atoms with Crippen LogP contribution >= 0.6 is 11.6 Å². The highest BCUT2D eigenvalue weighted by Crippen LogP contribution is 2.36. The summed E-state index contributed by atoms with van der Waals surface area (Å²) in [5.41, 5.74) is 5.96. The van der Waals surface area contributed by atoms with Crippen molar-refractivity contribution in [2.75, 3.05) is 46.9 Å². The molecule has 0 fully saturated rings.